The van der Waals surface area contributed by atoms with Crippen LogP contribution in [-0.4, -0.2) is 32.6 Å². The summed E-state index contributed by atoms with van der Waals surface area (Å²) in [5.74, 6) is 0.187. The Balaban J connectivity index is 2.70. The molecule has 0 heterocycles. The van der Waals surface area contributed by atoms with E-state index in [1.807, 2.05) is 0 Å². The molecule has 0 saturated carbocycles. The predicted octanol–water partition coefficient (Wildman–Crippen LogP) is 2.53. The van der Waals surface area contributed by atoms with Gasteiger partial charge in [0.1, 0.15) is 5.75 Å². The molecule has 0 aliphatic carbocycles. The molecular weight excluding hydrogens is 290 g/mol. The van der Waals surface area contributed by atoms with E-state index in [0.29, 0.717) is 5.56 Å². The lowest BCUT2D eigenvalue weighted by molar-refractivity contribution is -0.0504. The van der Waals surface area contributed by atoms with Crippen molar-refractivity contribution in [3.05, 3.63) is 29.3 Å². The smallest absolute Gasteiger partial charge is 0.387 e. The average molecular weight is 307 g/mol. The third kappa shape index (κ3) is 6.33. The number of guanidine groups is 1. The van der Waals surface area contributed by atoms with Gasteiger partial charge < -0.3 is 15.4 Å². The topological polar surface area (TPSA) is 45.7 Å². The molecule has 1 aromatic rings. The van der Waals surface area contributed by atoms with Gasteiger partial charge in [-0.25, -0.2) is 8.78 Å². The molecule has 8 heteroatoms. The molecule has 4 nitrogen and oxygen atoms in total. The standard InChI is InChI=1S/C13H17F4N3O/c1-8-3-4-10(21-12(16)17)9(5-8)6-19-13(18-2)20-7-11(14)15/h3-5,11-12H,6-7H2,1-2H3,(H2,18,19,20). The molecule has 1 aromatic carbocycles. The first kappa shape index (κ1) is 17.1. The normalized spacial score (nSPS) is 11.9. The molecule has 1 rings (SSSR count). The van der Waals surface area contributed by atoms with Gasteiger partial charge in [0, 0.05) is 19.2 Å². The molecular formula is C13H17F4N3O. The van der Waals surface area contributed by atoms with Crippen LogP contribution in [0.2, 0.25) is 0 Å². The Labute approximate surface area is 120 Å². The largest absolute Gasteiger partial charge is 0.434 e. The number of aryl methyl sites for hydroxylation is 1. The Hall–Kier alpha value is -1.99. The fraction of sp³-hybridized carbons (Fsp3) is 0.462. The van der Waals surface area contributed by atoms with Gasteiger partial charge in [-0.2, -0.15) is 8.78 Å². The van der Waals surface area contributed by atoms with Crippen LogP contribution in [0.1, 0.15) is 11.1 Å². The van der Waals surface area contributed by atoms with Gasteiger partial charge >= 0.3 is 6.61 Å². The van der Waals surface area contributed by atoms with E-state index in [1.54, 1.807) is 19.1 Å². The van der Waals surface area contributed by atoms with Crippen LogP contribution in [0.25, 0.3) is 0 Å². The average Bonchev–Trinajstić information content (AvgIpc) is 2.41. The van der Waals surface area contributed by atoms with Gasteiger partial charge in [-0.3, -0.25) is 4.99 Å². The van der Waals surface area contributed by atoms with Crippen LogP contribution < -0.4 is 15.4 Å². The Kier molecular flexibility index (Phi) is 6.77. The monoisotopic (exact) mass is 307 g/mol. The van der Waals surface area contributed by atoms with E-state index in [1.165, 1.54) is 13.1 Å². The number of nitrogens with zero attached hydrogens (tertiary/aromatic N) is 1. The molecule has 0 aromatic heterocycles. The highest BCUT2D eigenvalue weighted by Crippen LogP contribution is 2.21. The fourth-order valence-electron chi connectivity index (χ4n) is 1.63. The molecule has 0 spiro atoms. The van der Waals surface area contributed by atoms with Crippen molar-refractivity contribution in [3.8, 4) is 5.75 Å². The highest BCUT2D eigenvalue weighted by molar-refractivity contribution is 5.79. The number of halogens is 4. The van der Waals surface area contributed by atoms with Crippen LogP contribution >= 0.6 is 0 Å². The van der Waals surface area contributed by atoms with E-state index in [9.17, 15) is 17.6 Å². The molecule has 21 heavy (non-hydrogen) atoms. The van der Waals surface area contributed by atoms with Gasteiger partial charge in [-0.05, 0) is 13.0 Å². The Morgan fingerprint density at radius 1 is 1.24 bits per heavy atom. The number of hydrogen-bond donors (Lipinski definition) is 2. The number of alkyl halides is 4. The van der Waals surface area contributed by atoms with E-state index < -0.39 is 19.6 Å². The van der Waals surface area contributed by atoms with Crippen LogP contribution in [0.3, 0.4) is 0 Å². The molecule has 0 amide bonds. The zero-order valence-corrected chi connectivity index (χ0v) is 11.7. The van der Waals surface area contributed by atoms with Crippen molar-refractivity contribution in [1.29, 1.82) is 0 Å². The summed E-state index contributed by atoms with van der Waals surface area (Å²) in [6, 6.07) is 4.75. The Bertz CT molecular complexity index is 480. The molecule has 0 unspecified atom stereocenters. The van der Waals surface area contributed by atoms with E-state index in [4.69, 9.17) is 0 Å². The van der Waals surface area contributed by atoms with Gasteiger partial charge in [0.2, 0.25) is 0 Å². The van der Waals surface area contributed by atoms with Crippen LogP contribution in [0, 0.1) is 6.92 Å². The van der Waals surface area contributed by atoms with E-state index in [0.717, 1.165) is 5.56 Å². The van der Waals surface area contributed by atoms with E-state index in [-0.39, 0.29) is 18.3 Å². The van der Waals surface area contributed by atoms with Crippen molar-refractivity contribution in [1.82, 2.24) is 10.6 Å². The molecule has 118 valence electrons. The SMILES string of the molecule is CN=C(NCc1cc(C)ccc1OC(F)F)NCC(F)F. The van der Waals surface area contributed by atoms with Gasteiger partial charge in [-0.1, -0.05) is 17.7 Å². The number of nitrogens with one attached hydrogen (secondary N) is 2. The van der Waals surface area contributed by atoms with Crippen molar-refractivity contribution >= 4 is 5.96 Å². The quantitative estimate of drug-likeness (QED) is 0.482. The highest BCUT2D eigenvalue weighted by Gasteiger charge is 2.11. The second-order valence-electron chi connectivity index (χ2n) is 4.19. The van der Waals surface area contributed by atoms with Gasteiger partial charge in [0.25, 0.3) is 6.43 Å². The molecule has 0 radical (unpaired) electrons. The first-order valence-corrected chi connectivity index (χ1v) is 6.19. The van der Waals surface area contributed by atoms with Crippen molar-refractivity contribution in [2.24, 2.45) is 4.99 Å². The first-order chi connectivity index (χ1) is 9.92. The molecule has 0 aliphatic heterocycles. The summed E-state index contributed by atoms with van der Waals surface area (Å²) < 4.78 is 53.3. The van der Waals surface area contributed by atoms with Gasteiger partial charge in [-0.15, -0.1) is 0 Å². The number of benzene rings is 1. The molecule has 0 bridgehead atoms. The van der Waals surface area contributed by atoms with E-state index >= 15 is 0 Å². The number of aliphatic imine (C=N–C) groups is 1. The maximum atomic E-state index is 12.3. The van der Waals surface area contributed by atoms with Crippen LogP contribution in [0.4, 0.5) is 17.6 Å². The lowest BCUT2D eigenvalue weighted by atomic mass is 10.1. The Morgan fingerprint density at radius 2 is 1.95 bits per heavy atom. The van der Waals surface area contributed by atoms with E-state index in [2.05, 4.69) is 20.4 Å². The third-order valence-electron chi connectivity index (χ3n) is 2.53. The summed E-state index contributed by atoms with van der Waals surface area (Å²) >= 11 is 0. The van der Waals surface area contributed by atoms with Crippen molar-refractivity contribution < 1.29 is 22.3 Å². The maximum absolute atomic E-state index is 12.3. The molecule has 0 aliphatic rings. The summed E-state index contributed by atoms with van der Waals surface area (Å²) in [4.78, 5) is 3.76. The highest BCUT2D eigenvalue weighted by atomic mass is 19.3. The summed E-state index contributed by atoms with van der Waals surface area (Å²) in [6.45, 7) is -1.55. The molecule has 0 saturated heterocycles. The fourth-order valence-corrected chi connectivity index (χ4v) is 1.63. The molecule has 0 fully saturated rings. The Morgan fingerprint density at radius 3 is 2.52 bits per heavy atom. The van der Waals surface area contributed by atoms with Crippen molar-refractivity contribution in [3.63, 3.8) is 0 Å². The summed E-state index contributed by atoms with van der Waals surface area (Å²) in [5.41, 5.74) is 1.35. The zero-order valence-electron chi connectivity index (χ0n) is 11.7. The number of ether oxygens (including phenoxy) is 1. The number of rotatable bonds is 6. The lowest BCUT2D eigenvalue weighted by Crippen LogP contribution is -2.39. The third-order valence-corrected chi connectivity index (χ3v) is 2.53. The predicted molar refractivity (Wildman–Crippen MR) is 72.0 cm³/mol. The van der Waals surface area contributed by atoms with Crippen LogP contribution in [0.5, 0.6) is 5.75 Å². The van der Waals surface area contributed by atoms with Crippen molar-refractivity contribution in [2.75, 3.05) is 13.6 Å². The minimum atomic E-state index is -2.93. The molecule has 2 N–H and O–H groups in total. The first-order valence-electron chi connectivity index (χ1n) is 6.19. The van der Waals surface area contributed by atoms with Crippen LogP contribution in [0.15, 0.2) is 23.2 Å². The van der Waals surface area contributed by atoms with Gasteiger partial charge in [0.05, 0.1) is 6.54 Å². The van der Waals surface area contributed by atoms with Crippen molar-refractivity contribution in [2.45, 2.75) is 26.5 Å². The summed E-state index contributed by atoms with van der Waals surface area (Å²) in [6.07, 6.45) is -2.51. The number of hydrogen-bond acceptors (Lipinski definition) is 2. The second-order valence-corrected chi connectivity index (χ2v) is 4.19. The second kappa shape index (κ2) is 8.33. The van der Waals surface area contributed by atoms with Crippen LogP contribution in [-0.2, 0) is 6.54 Å². The minimum Gasteiger partial charge on any atom is -0.434 e. The summed E-state index contributed by atoms with van der Waals surface area (Å²) in [5, 5.41) is 5.18. The lowest BCUT2D eigenvalue weighted by Gasteiger charge is -2.15. The zero-order chi connectivity index (χ0) is 15.8. The maximum Gasteiger partial charge on any atom is 0.387 e. The minimum absolute atomic E-state index is 0.0346. The van der Waals surface area contributed by atoms with Gasteiger partial charge in [0.15, 0.2) is 5.96 Å². The molecule has 0 atom stereocenters. The summed E-state index contributed by atoms with van der Waals surface area (Å²) in [7, 11) is 1.42.